The van der Waals surface area contributed by atoms with Crippen LogP contribution >= 0.6 is 23.2 Å². The van der Waals surface area contributed by atoms with E-state index in [-0.39, 0.29) is 12.3 Å². The van der Waals surface area contributed by atoms with Gasteiger partial charge in [-0.1, -0.05) is 23.2 Å². The molecular formula is C11H16Cl2N2O2S. The standard InChI is InChI=1S/C11H16Cl2N2O2S/c1-11(2,14)7-15-18(16,17)6-8-3-9(12)5-10(13)4-8/h3-5,15H,6-7,14H2,1-2H3. The largest absolute Gasteiger partial charge is 0.324 e. The van der Waals surface area contributed by atoms with E-state index < -0.39 is 15.6 Å². The molecule has 0 aliphatic heterocycles. The lowest BCUT2D eigenvalue weighted by Crippen LogP contribution is -2.45. The molecule has 0 amide bonds. The maximum Gasteiger partial charge on any atom is 0.215 e. The molecule has 3 N–H and O–H groups in total. The zero-order chi connectivity index (χ0) is 14.0. The van der Waals surface area contributed by atoms with Crippen LogP contribution < -0.4 is 10.5 Å². The van der Waals surface area contributed by atoms with Crippen LogP contribution in [0.3, 0.4) is 0 Å². The van der Waals surface area contributed by atoms with Crippen molar-refractivity contribution in [2.75, 3.05) is 6.54 Å². The first kappa shape index (κ1) is 15.7. The molecule has 0 bridgehead atoms. The summed E-state index contributed by atoms with van der Waals surface area (Å²) in [4.78, 5) is 0. The van der Waals surface area contributed by atoms with Gasteiger partial charge in [0.1, 0.15) is 0 Å². The van der Waals surface area contributed by atoms with Gasteiger partial charge in [0.25, 0.3) is 0 Å². The quantitative estimate of drug-likeness (QED) is 0.875. The fourth-order valence-corrected chi connectivity index (χ4v) is 3.13. The van der Waals surface area contributed by atoms with Gasteiger partial charge >= 0.3 is 0 Å². The van der Waals surface area contributed by atoms with E-state index in [1.165, 1.54) is 0 Å². The Kier molecular flexibility index (Phi) is 5.03. The lowest BCUT2D eigenvalue weighted by Gasteiger charge is -2.19. The van der Waals surface area contributed by atoms with Crippen molar-refractivity contribution in [3.05, 3.63) is 33.8 Å². The van der Waals surface area contributed by atoms with Crippen molar-refractivity contribution in [3.63, 3.8) is 0 Å². The zero-order valence-corrected chi connectivity index (χ0v) is 12.5. The topological polar surface area (TPSA) is 72.2 Å². The van der Waals surface area contributed by atoms with Crippen LogP contribution in [0.5, 0.6) is 0 Å². The predicted octanol–water partition coefficient (Wildman–Crippen LogP) is 2.15. The Bertz CT molecular complexity index is 504. The molecule has 0 saturated carbocycles. The molecule has 102 valence electrons. The van der Waals surface area contributed by atoms with Gasteiger partial charge in [0, 0.05) is 22.1 Å². The van der Waals surface area contributed by atoms with Crippen LogP contribution in [-0.2, 0) is 15.8 Å². The normalized spacial score (nSPS) is 12.7. The van der Waals surface area contributed by atoms with E-state index >= 15 is 0 Å². The van der Waals surface area contributed by atoms with E-state index in [0.29, 0.717) is 15.6 Å². The molecule has 0 radical (unpaired) electrons. The van der Waals surface area contributed by atoms with Crippen LogP contribution in [0.15, 0.2) is 18.2 Å². The lowest BCUT2D eigenvalue weighted by molar-refractivity contribution is 0.497. The molecule has 0 spiro atoms. The number of nitrogens with one attached hydrogen (secondary N) is 1. The SMILES string of the molecule is CC(C)(N)CNS(=O)(=O)Cc1cc(Cl)cc(Cl)c1. The van der Waals surface area contributed by atoms with Crippen molar-refractivity contribution in [2.45, 2.75) is 25.1 Å². The van der Waals surface area contributed by atoms with E-state index in [0.717, 1.165) is 0 Å². The molecule has 1 aromatic carbocycles. The fraction of sp³-hybridized carbons (Fsp3) is 0.455. The average Bonchev–Trinajstić information content (AvgIpc) is 2.11. The smallest absolute Gasteiger partial charge is 0.215 e. The molecular weight excluding hydrogens is 295 g/mol. The molecule has 0 unspecified atom stereocenters. The summed E-state index contributed by atoms with van der Waals surface area (Å²) in [6.07, 6.45) is 0. The molecule has 0 atom stereocenters. The fourth-order valence-electron chi connectivity index (χ4n) is 1.26. The molecule has 0 aromatic heterocycles. The number of hydrogen-bond acceptors (Lipinski definition) is 3. The van der Waals surface area contributed by atoms with Gasteiger partial charge in [-0.2, -0.15) is 0 Å². The molecule has 1 aromatic rings. The maximum absolute atomic E-state index is 11.8. The summed E-state index contributed by atoms with van der Waals surface area (Å²) in [5.41, 5.74) is 5.65. The summed E-state index contributed by atoms with van der Waals surface area (Å²) in [6.45, 7) is 3.65. The van der Waals surface area contributed by atoms with Gasteiger partial charge in [-0.25, -0.2) is 13.1 Å². The number of rotatable bonds is 5. The van der Waals surface area contributed by atoms with Gasteiger partial charge in [-0.3, -0.25) is 0 Å². The molecule has 0 heterocycles. The number of nitrogens with two attached hydrogens (primary N) is 1. The maximum atomic E-state index is 11.8. The summed E-state index contributed by atoms with van der Waals surface area (Å²) in [6, 6.07) is 4.69. The van der Waals surface area contributed by atoms with Crippen LogP contribution in [-0.4, -0.2) is 20.5 Å². The second kappa shape index (κ2) is 5.75. The predicted molar refractivity (Wildman–Crippen MR) is 75.4 cm³/mol. The van der Waals surface area contributed by atoms with Crippen LogP contribution in [0, 0.1) is 0 Å². The van der Waals surface area contributed by atoms with E-state index in [9.17, 15) is 8.42 Å². The van der Waals surface area contributed by atoms with Gasteiger partial charge < -0.3 is 5.73 Å². The van der Waals surface area contributed by atoms with E-state index in [2.05, 4.69) is 4.72 Å². The van der Waals surface area contributed by atoms with Gasteiger partial charge in [-0.15, -0.1) is 0 Å². The van der Waals surface area contributed by atoms with Crippen LogP contribution in [0.1, 0.15) is 19.4 Å². The lowest BCUT2D eigenvalue weighted by atomic mass is 10.1. The molecule has 4 nitrogen and oxygen atoms in total. The van der Waals surface area contributed by atoms with Gasteiger partial charge in [0.2, 0.25) is 10.0 Å². The molecule has 0 aliphatic carbocycles. The third kappa shape index (κ3) is 6.02. The minimum Gasteiger partial charge on any atom is -0.324 e. The Morgan fingerprint density at radius 2 is 1.72 bits per heavy atom. The highest BCUT2D eigenvalue weighted by Crippen LogP contribution is 2.20. The number of hydrogen-bond donors (Lipinski definition) is 2. The molecule has 1 rings (SSSR count). The van der Waals surface area contributed by atoms with Gasteiger partial charge in [-0.05, 0) is 37.6 Å². The molecule has 0 aliphatic rings. The first-order valence-corrected chi connectivity index (χ1v) is 7.69. The minimum atomic E-state index is -3.45. The Morgan fingerprint density at radius 3 is 2.17 bits per heavy atom. The molecule has 0 fully saturated rings. The van der Waals surface area contributed by atoms with Gasteiger partial charge in [0.05, 0.1) is 5.75 Å². The number of benzene rings is 1. The van der Waals surface area contributed by atoms with Crippen LogP contribution in [0.25, 0.3) is 0 Å². The van der Waals surface area contributed by atoms with E-state index in [1.807, 2.05) is 0 Å². The second-order valence-corrected chi connectivity index (χ2v) is 7.53. The van der Waals surface area contributed by atoms with Crippen molar-refractivity contribution in [1.29, 1.82) is 0 Å². The summed E-state index contributed by atoms with van der Waals surface area (Å²) >= 11 is 11.6. The van der Waals surface area contributed by atoms with Gasteiger partial charge in [0.15, 0.2) is 0 Å². The third-order valence-corrected chi connectivity index (χ3v) is 3.76. The Labute approximate surface area is 118 Å². The monoisotopic (exact) mass is 310 g/mol. The average molecular weight is 311 g/mol. The second-order valence-electron chi connectivity index (χ2n) is 4.85. The minimum absolute atomic E-state index is 0.170. The number of halogens is 2. The highest BCUT2D eigenvalue weighted by Gasteiger charge is 2.17. The highest BCUT2D eigenvalue weighted by molar-refractivity contribution is 7.88. The van der Waals surface area contributed by atoms with Crippen molar-refractivity contribution in [1.82, 2.24) is 4.72 Å². The first-order valence-electron chi connectivity index (χ1n) is 5.29. The molecule has 18 heavy (non-hydrogen) atoms. The summed E-state index contributed by atoms with van der Waals surface area (Å²) < 4.78 is 26.1. The van der Waals surface area contributed by atoms with E-state index in [1.54, 1.807) is 32.0 Å². The zero-order valence-electron chi connectivity index (χ0n) is 10.2. The highest BCUT2D eigenvalue weighted by atomic mass is 35.5. The van der Waals surface area contributed by atoms with E-state index in [4.69, 9.17) is 28.9 Å². The Hall–Kier alpha value is -0.330. The van der Waals surface area contributed by atoms with Crippen LogP contribution in [0.2, 0.25) is 10.0 Å². The third-order valence-electron chi connectivity index (χ3n) is 2.03. The number of sulfonamides is 1. The Morgan fingerprint density at radius 1 is 1.22 bits per heavy atom. The molecule has 7 heteroatoms. The summed E-state index contributed by atoms with van der Waals surface area (Å²) in [7, 11) is -3.45. The summed E-state index contributed by atoms with van der Waals surface area (Å²) in [5, 5.41) is 0.818. The van der Waals surface area contributed by atoms with Crippen molar-refractivity contribution < 1.29 is 8.42 Å². The van der Waals surface area contributed by atoms with Crippen LogP contribution in [0.4, 0.5) is 0 Å². The Balaban J connectivity index is 2.76. The van der Waals surface area contributed by atoms with Crippen molar-refractivity contribution in [2.24, 2.45) is 5.73 Å². The summed E-state index contributed by atoms with van der Waals surface area (Å²) in [5.74, 6) is -0.177. The molecule has 0 saturated heterocycles. The van der Waals surface area contributed by atoms with Crippen molar-refractivity contribution >= 4 is 33.2 Å². The van der Waals surface area contributed by atoms with Crippen molar-refractivity contribution in [3.8, 4) is 0 Å². The first-order chi connectivity index (χ1) is 8.07.